The molecule has 0 aromatic heterocycles. The number of carbonyl (C=O) groups excluding carboxylic acids is 1. The molecule has 1 amide bonds. The Hall–Kier alpha value is -2.49. The lowest BCUT2D eigenvalue weighted by atomic mass is 9.95. The molecule has 0 radical (unpaired) electrons. The first-order valence-electron chi connectivity index (χ1n) is 11.7. The highest BCUT2D eigenvalue weighted by Crippen LogP contribution is 2.28. The monoisotopic (exact) mass is 422 g/mol. The molecule has 4 nitrogen and oxygen atoms in total. The molecule has 0 spiro atoms. The van der Waals surface area contributed by atoms with E-state index < -0.39 is 5.60 Å². The summed E-state index contributed by atoms with van der Waals surface area (Å²) in [6, 6.07) is 17.0. The molecule has 1 saturated heterocycles. The minimum Gasteiger partial charge on any atom is -0.443 e. The molecule has 1 aliphatic rings. The van der Waals surface area contributed by atoms with Gasteiger partial charge in [0.15, 0.2) is 0 Å². The van der Waals surface area contributed by atoms with Crippen LogP contribution < -0.4 is 9.80 Å². The number of piperidine rings is 1. The summed E-state index contributed by atoms with van der Waals surface area (Å²) in [5.74, 6) is 0.463. The van der Waals surface area contributed by atoms with Gasteiger partial charge in [0.25, 0.3) is 0 Å². The first kappa shape index (κ1) is 23.2. The molecule has 1 fully saturated rings. The number of carbonyl (C=O) groups is 1. The van der Waals surface area contributed by atoms with Crippen LogP contribution in [0.2, 0.25) is 0 Å². The van der Waals surface area contributed by atoms with E-state index >= 15 is 0 Å². The summed E-state index contributed by atoms with van der Waals surface area (Å²) in [4.78, 5) is 17.5. The van der Waals surface area contributed by atoms with Crippen LogP contribution in [0.1, 0.15) is 57.6 Å². The molecule has 4 heteroatoms. The second-order valence-electron chi connectivity index (χ2n) is 9.59. The maximum Gasteiger partial charge on any atom is 0.414 e. The zero-order chi connectivity index (χ0) is 22.4. The van der Waals surface area contributed by atoms with Crippen LogP contribution >= 0.6 is 0 Å². The van der Waals surface area contributed by atoms with Crippen LogP contribution in [-0.4, -0.2) is 31.3 Å². The number of aryl methyl sites for hydroxylation is 2. The molecule has 1 heterocycles. The van der Waals surface area contributed by atoms with Gasteiger partial charge in [-0.1, -0.05) is 48.7 Å². The van der Waals surface area contributed by atoms with Crippen LogP contribution in [-0.2, 0) is 4.74 Å². The van der Waals surface area contributed by atoms with Crippen molar-refractivity contribution in [2.24, 2.45) is 5.92 Å². The first-order chi connectivity index (χ1) is 14.8. The first-order valence-corrected chi connectivity index (χ1v) is 11.7. The van der Waals surface area contributed by atoms with Crippen molar-refractivity contribution in [3.05, 3.63) is 59.7 Å². The highest BCUT2D eigenvalue weighted by Gasteiger charge is 2.29. The second-order valence-corrected chi connectivity index (χ2v) is 9.59. The van der Waals surface area contributed by atoms with E-state index in [9.17, 15) is 4.79 Å². The smallest absolute Gasteiger partial charge is 0.414 e. The van der Waals surface area contributed by atoms with Crippen LogP contribution in [0, 0.1) is 19.8 Å². The summed E-state index contributed by atoms with van der Waals surface area (Å²) >= 11 is 0. The normalized spacial score (nSPS) is 15.1. The van der Waals surface area contributed by atoms with Crippen LogP contribution in [0.25, 0.3) is 0 Å². The fourth-order valence-corrected chi connectivity index (χ4v) is 4.34. The van der Waals surface area contributed by atoms with Crippen LogP contribution in [0.5, 0.6) is 0 Å². The van der Waals surface area contributed by atoms with Gasteiger partial charge in [-0.2, -0.15) is 0 Å². The van der Waals surface area contributed by atoms with Gasteiger partial charge in [0.05, 0.1) is 0 Å². The summed E-state index contributed by atoms with van der Waals surface area (Å²) < 4.78 is 5.94. The van der Waals surface area contributed by atoms with Gasteiger partial charge in [0.2, 0.25) is 0 Å². The molecule has 0 bridgehead atoms. The maximum atomic E-state index is 13.2. The predicted octanol–water partition coefficient (Wildman–Crippen LogP) is 6.74. The lowest BCUT2D eigenvalue weighted by molar-refractivity contribution is 0.0364. The Morgan fingerprint density at radius 3 is 2.10 bits per heavy atom. The van der Waals surface area contributed by atoms with Crippen LogP contribution in [0.3, 0.4) is 0 Å². The topological polar surface area (TPSA) is 32.8 Å². The van der Waals surface area contributed by atoms with Crippen molar-refractivity contribution in [2.75, 3.05) is 29.4 Å². The zero-order valence-corrected chi connectivity index (χ0v) is 19.9. The number of nitrogens with zero attached hydrogens (tertiary/aromatic N) is 2. The molecular weight excluding hydrogens is 384 g/mol. The minimum atomic E-state index is -0.455. The van der Waals surface area contributed by atoms with Crippen LogP contribution in [0.15, 0.2) is 48.5 Å². The fraction of sp³-hybridized carbons (Fsp3) is 0.519. The second kappa shape index (κ2) is 10.2. The Labute approximate surface area is 188 Å². The van der Waals surface area contributed by atoms with Gasteiger partial charge in [-0.25, -0.2) is 4.79 Å². The molecule has 31 heavy (non-hydrogen) atoms. The van der Waals surface area contributed by atoms with E-state index in [1.54, 1.807) is 0 Å². The third kappa shape index (κ3) is 6.49. The Balaban J connectivity index is 1.68. The lowest BCUT2D eigenvalue weighted by Crippen LogP contribution is -2.43. The maximum absolute atomic E-state index is 13.2. The average Bonchev–Trinajstić information content (AvgIpc) is 2.73. The minimum absolute atomic E-state index is 0.233. The molecule has 168 valence electrons. The van der Waals surface area contributed by atoms with Crippen molar-refractivity contribution in [3.8, 4) is 0 Å². The molecule has 3 rings (SSSR count). The van der Waals surface area contributed by atoms with E-state index in [-0.39, 0.29) is 6.09 Å². The molecule has 2 aromatic rings. The molecule has 1 aliphatic heterocycles. The van der Waals surface area contributed by atoms with E-state index in [1.807, 2.05) is 30.9 Å². The SMILES string of the molecule is CCCC(C)(C)OC(=O)N(CC1CCN(c2ccc(C)cc2)CC1)c1ccc(C)cc1. The molecule has 0 unspecified atom stereocenters. The number of hydrogen-bond donors (Lipinski definition) is 0. The van der Waals surface area contributed by atoms with Gasteiger partial charge in [0, 0.05) is 31.0 Å². The third-order valence-electron chi connectivity index (χ3n) is 6.24. The Morgan fingerprint density at radius 1 is 1.00 bits per heavy atom. The summed E-state index contributed by atoms with van der Waals surface area (Å²) in [5.41, 5.74) is 4.24. The summed E-state index contributed by atoms with van der Waals surface area (Å²) in [5, 5.41) is 0. The Morgan fingerprint density at radius 2 is 1.55 bits per heavy atom. The van der Waals surface area contributed by atoms with E-state index in [4.69, 9.17) is 4.74 Å². The van der Waals surface area contributed by atoms with Crippen molar-refractivity contribution >= 4 is 17.5 Å². The highest BCUT2D eigenvalue weighted by molar-refractivity contribution is 5.88. The standard InChI is InChI=1S/C27H38N2O2/c1-6-17-27(4,5)31-26(30)29(25-13-9-22(3)10-14-25)20-23-15-18-28(19-16-23)24-11-7-21(2)8-12-24/h7-14,23H,6,15-20H2,1-5H3. The van der Waals surface area contributed by atoms with E-state index in [1.165, 1.54) is 16.8 Å². The van der Waals surface area contributed by atoms with Gasteiger partial charge in [-0.3, -0.25) is 4.90 Å². The molecule has 0 atom stereocenters. The fourth-order valence-electron chi connectivity index (χ4n) is 4.34. The molecule has 0 aliphatic carbocycles. The van der Waals surface area contributed by atoms with Crippen molar-refractivity contribution in [1.29, 1.82) is 0 Å². The molecule has 2 aromatic carbocycles. The molecule has 0 saturated carbocycles. The lowest BCUT2D eigenvalue weighted by Gasteiger charge is -2.37. The number of benzene rings is 2. The van der Waals surface area contributed by atoms with Gasteiger partial charge < -0.3 is 9.64 Å². The van der Waals surface area contributed by atoms with E-state index in [0.29, 0.717) is 12.5 Å². The number of amides is 1. The third-order valence-corrected chi connectivity index (χ3v) is 6.24. The number of hydrogen-bond acceptors (Lipinski definition) is 3. The van der Waals surface area contributed by atoms with Crippen molar-refractivity contribution < 1.29 is 9.53 Å². The number of anilines is 2. The average molecular weight is 423 g/mol. The Bertz CT molecular complexity index is 835. The highest BCUT2D eigenvalue weighted by atomic mass is 16.6. The largest absolute Gasteiger partial charge is 0.443 e. The molecule has 0 N–H and O–H groups in total. The van der Waals surface area contributed by atoms with Gasteiger partial charge in [0.1, 0.15) is 5.60 Å². The van der Waals surface area contributed by atoms with E-state index in [0.717, 1.165) is 44.5 Å². The molecular formula is C27H38N2O2. The summed E-state index contributed by atoms with van der Waals surface area (Å²) in [7, 11) is 0. The quantitative estimate of drug-likeness (QED) is 0.495. The predicted molar refractivity (Wildman–Crippen MR) is 130 cm³/mol. The number of rotatable bonds is 7. The van der Waals surface area contributed by atoms with Crippen LogP contribution in [0.4, 0.5) is 16.2 Å². The van der Waals surface area contributed by atoms with Gasteiger partial charge >= 0.3 is 6.09 Å². The van der Waals surface area contributed by atoms with Crippen molar-refractivity contribution in [1.82, 2.24) is 0 Å². The zero-order valence-electron chi connectivity index (χ0n) is 19.9. The van der Waals surface area contributed by atoms with Gasteiger partial charge in [-0.15, -0.1) is 0 Å². The van der Waals surface area contributed by atoms with Crippen molar-refractivity contribution in [2.45, 2.75) is 65.9 Å². The Kier molecular flexibility index (Phi) is 7.64. The summed E-state index contributed by atoms with van der Waals surface area (Å²) in [6.45, 7) is 13.1. The van der Waals surface area contributed by atoms with E-state index in [2.05, 4.69) is 62.1 Å². The van der Waals surface area contributed by atoms with Crippen molar-refractivity contribution in [3.63, 3.8) is 0 Å². The van der Waals surface area contributed by atoms with Gasteiger partial charge in [-0.05, 0) is 77.1 Å². The number of ether oxygens (including phenoxy) is 1. The summed E-state index contributed by atoms with van der Waals surface area (Å²) in [6.07, 6.45) is 3.75.